The summed E-state index contributed by atoms with van der Waals surface area (Å²) in [6, 6.07) is 10.3. The molecule has 126 valence electrons. The van der Waals surface area contributed by atoms with Crippen molar-refractivity contribution >= 4 is 29.0 Å². The smallest absolute Gasteiger partial charge is 0.292 e. The van der Waals surface area contributed by atoms with Crippen LogP contribution in [0.15, 0.2) is 41.3 Å². The van der Waals surface area contributed by atoms with Gasteiger partial charge in [0, 0.05) is 11.0 Å². The van der Waals surface area contributed by atoms with Crippen LogP contribution in [0.5, 0.6) is 0 Å². The summed E-state index contributed by atoms with van der Waals surface area (Å²) >= 11 is 1.47. The highest BCUT2D eigenvalue weighted by Crippen LogP contribution is 2.32. The Morgan fingerprint density at radius 1 is 1.17 bits per heavy atom. The predicted molar refractivity (Wildman–Crippen MR) is 97.7 cm³/mol. The van der Waals surface area contributed by atoms with E-state index in [0.717, 1.165) is 16.0 Å². The van der Waals surface area contributed by atoms with Gasteiger partial charge in [0.1, 0.15) is 5.69 Å². The molecule has 0 unspecified atom stereocenters. The van der Waals surface area contributed by atoms with Gasteiger partial charge in [-0.05, 0) is 44.9 Å². The van der Waals surface area contributed by atoms with Crippen LogP contribution in [0.25, 0.3) is 0 Å². The zero-order valence-electron chi connectivity index (χ0n) is 14.1. The van der Waals surface area contributed by atoms with E-state index in [1.165, 1.54) is 29.5 Å². The van der Waals surface area contributed by atoms with Crippen molar-refractivity contribution in [2.45, 2.75) is 37.8 Å². The van der Waals surface area contributed by atoms with E-state index >= 15 is 0 Å². The third-order valence-corrected chi connectivity index (χ3v) is 5.07. The van der Waals surface area contributed by atoms with E-state index in [1.54, 1.807) is 19.1 Å². The molecule has 24 heavy (non-hydrogen) atoms. The van der Waals surface area contributed by atoms with Gasteiger partial charge in [-0.2, -0.15) is 0 Å². The summed E-state index contributed by atoms with van der Waals surface area (Å²) in [7, 11) is 0. The molecule has 0 fully saturated rings. The van der Waals surface area contributed by atoms with Crippen molar-refractivity contribution in [1.29, 1.82) is 0 Å². The van der Waals surface area contributed by atoms with Crippen LogP contribution >= 0.6 is 11.8 Å². The zero-order valence-corrected chi connectivity index (χ0v) is 14.9. The fourth-order valence-electron chi connectivity index (χ4n) is 2.56. The molecule has 0 aliphatic heterocycles. The van der Waals surface area contributed by atoms with Crippen LogP contribution in [0.4, 0.5) is 11.4 Å². The molecular weight excluding hydrogens is 324 g/mol. The average Bonchev–Trinajstić information content (AvgIpc) is 2.50. The van der Waals surface area contributed by atoms with Crippen molar-refractivity contribution in [2.24, 2.45) is 0 Å². The Hall–Kier alpha value is -2.34. The van der Waals surface area contributed by atoms with Crippen molar-refractivity contribution in [1.82, 2.24) is 0 Å². The summed E-state index contributed by atoms with van der Waals surface area (Å²) < 4.78 is 0. The lowest BCUT2D eigenvalue weighted by molar-refractivity contribution is -0.383. The highest BCUT2D eigenvalue weighted by Gasteiger charge is 2.20. The Morgan fingerprint density at radius 2 is 1.75 bits per heavy atom. The largest absolute Gasteiger partial charge is 0.319 e. The molecule has 1 N–H and O–H groups in total. The number of rotatable bonds is 5. The number of nitrogens with zero attached hydrogens (tertiary/aromatic N) is 1. The summed E-state index contributed by atoms with van der Waals surface area (Å²) in [5.74, 6) is -0.256. The van der Waals surface area contributed by atoms with E-state index in [0.29, 0.717) is 0 Å². The van der Waals surface area contributed by atoms with E-state index in [2.05, 4.69) is 17.4 Å². The first-order valence-electron chi connectivity index (χ1n) is 7.58. The van der Waals surface area contributed by atoms with Crippen LogP contribution in [-0.4, -0.2) is 16.1 Å². The summed E-state index contributed by atoms with van der Waals surface area (Å²) in [5, 5.41) is 13.3. The third-order valence-electron chi connectivity index (χ3n) is 3.63. The number of hydrogen-bond acceptors (Lipinski definition) is 4. The minimum Gasteiger partial charge on any atom is -0.319 e. The molecule has 0 saturated carbocycles. The Morgan fingerprint density at radius 3 is 2.33 bits per heavy atom. The number of para-hydroxylation sites is 2. The number of amides is 1. The molecule has 0 spiro atoms. The lowest BCUT2D eigenvalue weighted by Gasteiger charge is -2.16. The molecule has 0 bridgehead atoms. The lowest BCUT2D eigenvalue weighted by Crippen LogP contribution is -2.23. The van der Waals surface area contributed by atoms with Gasteiger partial charge >= 0.3 is 0 Å². The molecule has 1 atom stereocenters. The van der Waals surface area contributed by atoms with Gasteiger partial charge in [0.25, 0.3) is 5.69 Å². The molecule has 2 rings (SSSR count). The Bertz CT molecular complexity index is 767. The first-order valence-corrected chi connectivity index (χ1v) is 8.46. The van der Waals surface area contributed by atoms with Crippen LogP contribution in [0.2, 0.25) is 0 Å². The number of anilines is 1. The second kappa shape index (κ2) is 7.49. The molecular formula is C18H20N2O3S. The van der Waals surface area contributed by atoms with Gasteiger partial charge in [0.05, 0.1) is 10.2 Å². The van der Waals surface area contributed by atoms with Gasteiger partial charge in [0.2, 0.25) is 5.91 Å². The first kappa shape index (κ1) is 18.0. The second-order valence-corrected chi connectivity index (χ2v) is 7.10. The molecule has 2 aromatic carbocycles. The number of thioether (sulfide) groups is 1. The fourth-order valence-corrected chi connectivity index (χ4v) is 3.57. The van der Waals surface area contributed by atoms with Crippen molar-refractivity contribution in [3.05, 3.63) is 63.2 Å². The minimum absolute atomic E-state index is 0.106. The molecule has 0 heterocycles. The molecule has 0 radical (unpaired) electrons. The maximum Gasteiger partial charge on any atom is 0.292 e. The zero-order chi connectivity index (χ0) is 17.9. The molecule has 0 aliphatic rings. The molecule has 0 aromatic heterocycles. The highest BCUT2D eigenvalue weighted by molar-refractivity contribution is 8.00. The van der Waals surface area contributed by atoms with E-state index in [4.69, 9.17) is 0 Å². The van der Waals surface area contributed by atoms with Crippen LogP contribution in [0, 0.1) is 30.9 Å². The van der Waals surface area contributed by atoms with Gasteiger partial charge in [0.15, 0.2) is 0 Å². The number of hydrogen-bond donors (Lipinski definition) is 1. The summed E-state index contributed by atoms with van der Waals surface area (Å²) in [6.07, 6.45) is 0. The quantitative estimate of drug-likeness (QED) is 0.487. The Labute approximate surface area is 145 Å². The Kier molecular flexibility index (Phi) is 5.62. The van der Waals surface area contributed by atoms with Crippen LogP contribution in [0.1, 0.15) is 23.6 Å². The number of aryl methyl sites for hydroxylation is 3. The normalized spacial score (nSPS) is 11.8. The van der Waals surface area contributed by atoms with E-state index in [-0.39, 0.29) is 22.5 Å². The number of carbonyl (C=O) groups excluding carboxylic acids is 1. The number of nitrogens with one attached hydrogen (secondary N) is 1. The second-order valence-electron chi connectivity index (χ2n) is 5.75. The van der Waals surface area contributed by atoms with Crippen LogP contribution in [-0.2, 0) is 4.79 Å². The van der Waals surface area contributed by atoms with Gasteiger partial charge in [-0.15, -0.1) is 11.8 Å². The van der Waals surface area contributed by atoms with Gasteiger partial charge in [-0.25, -0.2) is 0 Å². The SMILES string of the molecule is Cc1cc(C)c(S[C@@H](C)C(=O)Nc2ccccc2[N+](=O)[O-])c(C)c1. The third kappa shape index (κ3) is 4.14. The lowest BCUT2D eigenvalue weighted by atomic mass is 10.1. The summed E-state index contributed by atoms with van der Waals surface area (Å²) in [5.41, 5.74) is 3.56. The van der Waals surface area contributed by atoms with Crippen molar-refractivity contribution in [2.75, 3.05) is 5.32 Å². The topological polar surface area (TPSA) is 72.2 Å². The van der Waals surface area contributed by atoms with Gasteiger partial charge in [-0.3, -0.25) is 14.9 Å². The average molecular weight is 344 g/mol. The Balaban J connectivity index is 2.16. The summed E-state index contributed by atoms with van der Waals surface area (Å²) in [4.78, 5) is 24.0. The minimum atomic E-state index is -0.498. The van der Waals surface area contributed by atoms with E-state index in [9.17, 15) is 14.9 Å². The standard InChI is InChI=1S/C18H20N2O3S/c1-11-9-12(2)17(13(3)10-11)24-14(4)18(21)19-15-7-5-6-8-16(15)20(22)23/h5-10,14H,1-4H3,(H,19,21)/t14-/m0/s1. The van der Waals surface area contributed by atoms with Gasteiger partial charge < -0.3 is 5.32 Å². The number of benzene rings is 2. The number of nitro groups is 1. The highest BCUT2D eigenvalue weighted by atomic mass is 32.2. The van der Waals surface area contributed by atoms with E-state index < -0.39 is 4.92 Å². The molecule has 6 heteroatoms. The monoisotopic (exact) mass is 344 g/mol. The van der Waals surface area contributed by atoms with Gasteiger partial charge in [-0.1, -0.05) is 29.8 Å². The molecule has 1 amide bonds. The molecule has 0 saturated heterocycles. The number of nitro benzene ring substituents is 1. The van der Waals surface area contributed by atoms with Crippen molar-refractivity contribution in [3.8, 4) is 0 Å². The maximum atomic E-state index is 12.4. The predicted octanol–water partition coefficient (Wildman–Crippen LogP) is 4.64. The van der Waals surface area contributed by atoms with E-state index in [1.807, 2.05) is 20.8 Å². The summed E-state index contributed by atoms with van der Waals surface area (Å²) in [6.45, 7) is 7.89. The molecule has 5 nitrogen and oxygen atoms in total. The van der Waals surface area contributed by atoms with Crippen LogP contribution in [0.3, 0.4) is 0 Å². The molecule has 2 aromatic rings. The molecule has 0 aliphatic carbocycles. The fraction of sp³-hybridized carbons (Fsp3) is 0.278. The maximum absolute atomic E-state index is 12.4. The first-order chi connectivity index (χ1) is 11.3. The van der Waals surface area contributed by atoms with Crippen LogP contribution < -0.4 is 5.32 Å². The number of carbonyl (C=O) groups is 1. The van der Waals surface area contributed by atoms with Crippen molar-refractivity contribution in [3.63, 3.8) is 0 Å². The van der Waals surface area contributed by atoms with Crippen molar-refractivity contribution < 1.29 is 9.72 Å².